The van der Waals surface area contributed by atoms with Gasteiger partial charge in [-0.3, -0.25) is 19.8 Å². The number of thiazole rings is 1. The Labute approximate surface area is 126 Å². The van der Waals surface area contributed by atoms with Crippen LogP contribution in [-0.4, -0.2) is 27.7 Å². The SMILES string of the molecule is O=C1NC(=O)C2(CCCCCC2)C(=O)N1Cc1cscn1. The van der Waals surface area contributed by atoms with Crippen LogP contribution in [0.25, 0.3) is 0 Å². The molecule has 2 aliphatic rings. The van der Waals surface area contributed by atoms with Crippen LogP contribution in [0.2, 0.25) is 0 Å². The van der Waals surface area contributed by atoms with E-state index in [0.29, 0.717) is 18.5 Å². The average molecular weight is 307 g/mol. The van der Waals surface area contributed by atoms with Gasteiger partial charge in [0.05, 0.1) is 17.7 Å². The molecule has 3 rings (SSSR count). The Hall–Kier alpha value is -1.76. The molecule has 112 valence electrons. The maximum absolute atomic E-state index is 12.8. The Kier molecular flexibility index (Phi) is 3.75. The number of hydrogen-bond acceptors (Lipinski definition) is 5. The Balaban J connectivity index is 1.89. The number of urea groups is 1. The number of hydrogen-bond donors (Lipinski definition) is 1. The van der Waals surface area contributed by atoms with Crippen LogP contribution in [0.4, 0.5) is 4.79 Å². The van der Waals surface area contributed by atoms with Gasteiger partial charge in [-0.15, -0.1) is 11.3 Å². The van der Waals surface area contributed by atoms with Gasteiger partial charge in [-0.2, -0.15) is 0 Å². The molecule has 0 atom stereocenters. The quantitative estimate of drug-likeness (QED) is 0.848. The third-order valence-electron chi connectivity index (χ3n) is 4.32. The van der Waals surface area contributed by atoms with Crippen molar-refractivity contribution in [1.82, 2.24) is 15.2 Å². The van der Waals surface area contributed by atoms with Gasteiger partial charge in [0.25, 0.3) is 0 Å². The lowest BCUT2D eigenvalue weighted by molar-refractivity contribution is -0.153. The van der Waals surface area contributed by atoms with Crippen LogP contribution in [0, 0.1) is 5.41 Å². The lowest BCUT2D eigenvalue weighted by Gasteiger charge is -2.38. The zero-order chi connectivity index (χ0) is 14.9. The second kappa shape index (κ2) is 5.55. The molecule has 0 radical (unpaired) electrons. The molecule has 0 aromatic carbocycles. The standard InChI is InChI=1S/C14H17N3O3S/c18-11-14(5-3-1-2-4-6-14)12(19)17(13(20)16-11)7-10-8-21-9-15-10/h8-9H,1-7H2,(H,16,18,20). The molecule has 1 saturated carbocycles. The van der Waals surface area contributed by atoms with Gasteiger partial charge in [-0.25, -0.2) is 9.78 Å². The summed E-state index contributed by atoms with van der Waals surface area (Å²) in [4.78, 5) is 42.4. The number of aromatic nitrogens is 1. The van der Waals surface area contributed by atoms with E-state index >= 15 is 0 Å². The molecule has 1 saturated heterocycles. The van der Waals surface area contributed by atoms with E-state index < -0.39 is 17.4 Å². The van der Waals surface area contributed by atoms with Crippen molar-refractivity contribution < 1.29 is 14.4 Å². The lowest BCUT2D eigenvalue weighted by Crippen LogP contribution is -2.63. The molecule has 7 heteroatoms. The van der Waals surface area contributed by atoms with Crippen LogP contribution in [0.1, 0.15) is 44.2 Å². The zero-order valence-electron chi connectivity index (χ0n) is 11.6. The summed E-state index contributed by atoms with van der Waals surface area (Å²) in [7, 11) is 0. The van der Waals surface area contributed by atoms with Crippen molar-refractivity contribution >= 4 is 29.2 Å². The minimum atomic E-state index is -1.06. The van der Waals surface area contributed by atoms with E-state index in [1.165, 1.54) is 11.3 Å². The van der Waals surface area contributed by atoms with E-state index in [4.69, 9.17) is 0 Å². The largest absolute Gasteiger partial charge is 0.331 e. The summed E-state index contributed by atoms with van der Waals surface area (Å²) >= 11 is 1.41. The van der Waals surface area contributed by atoms with Crippen molar-refractivity contribution in [3.63, 3.8) is 0 Å². The molecule has 21 heavy (non-hydrogen) atoms. The van der Waals surface area contributed by atoms with Crippen molar-refractivity contribution in [2.24, 2.45) is 5.41 Å². The molecule has 1 aliphatic carbocycles. The minimum absolute atomic E-state index is 0.128. The highest BCUT2D eigenvalue weighted by Gasteiger charge is 2.53. The van der Waals surface area contributed by atoms with Crippen LogP contribution >= 0.6 is 11.3 Å². The van der Waals surface area contributed by atoms with Crippen molar-refractivity contribution in [2.45, 2.75) is 45.1 Å². The van der Waals surface area contributed by atoms with E-state index in [1.807, 2.05) is 0 Å². The van der Waals surface area contributed by atoms with E-state index in [1.54, 1.807) is 10.9 Å². The highest BCUT2D eigenvalue weighted by Crippen LogP contribution is 2.39. The monoisotopic (exact) mass is 307 g/mol. The van der Waals surface area contributed by atoms with Gasteiger partial charge in [-0.1, -0.05) is 25.7 Å². The fraction of sp³-hybridized carbons (Fsp3) is 0.571. The molecule has 1 N–H and O–H groups in total. The van der Waals surface area contributed by atoms with E-state index in [9.17, 15) is 14.4 Å². The van der Waals surface area contributed by atoms with Crippen molar-refractivity contribution in [3.05, 3.63) is 16.6 Å². The average Bonchev–Trinajstić information content (AvgIpc) is 2.84. The predicted molar refractivity (Wildman–Crippen MR) is 76.3 cm³/mol. The maximum atomic E-state index is 12.8. The minimum Gasteiger partial charge on any atom is -0.277 e. The summed E-state index contributed by atoms with van der Waals surface area (Å²) in [6.07, 6.45) is 4.80. The first-order valence-electron chi connectivity index (χ1n) is 7.18. The number of nitrogens with zero attached hydrogens (tertiary/aromatic N) is 2. The Morgan fingerprint density at radius 3 is 2.52 bits per heavy atom. The predicted octanol–water partition coefficient (Wildman–Crippen LogP) is 2.06. The first-order valence-corrected chi connectivity index (χ1v) is 8.12. The number of carbonyl (C=O) groups is 3. The number of imide groups is 2. The number of rotatable bonds is 2. The van der Waals surface area contributed by atoms with Gasteiger partial charge in [0.2, 0.25) is 11.8 Å². The van der Waals surface area contributed by atoms with Gasteiger partial charge in [0.1, 0.15) is 5.41 Å². The molecule has 2 fully saturated rings. The molecule has 6 nitrogen and oxygen atoms in total. The second-order valence-corrected chi connectivity index (χ2v) is 6.35. The summed E-state index contributed by atoms with van der Waals surface area (Å²) in [6.45, 7) is 0.128. The molecule has 1 spiro atoms. The summed E-state index contributed by atoms with van der Waals surface area (Å²) in [6, 6.07) is -0.632. The molecular weight excluding hydrogens is 290 g/mol. The molecule has 0 bridgehead atoms. The van der Waals surface area contributed by atoms with E-state index in [0.717, 1.165) is 30.6 Å². The summed E-state index contributed by atoms with van der Waals surface area (Å²) in [5.74, 6) is -0.778. The molecular formula is C14H17N3O3S. The second-order valence-electron chi connectivity index (χ2n) is 5.63. The van der Waals surface area contributed by atoms with Crippen LogP contribution in [0.5, 0.6) is 0 Å². The highest BCUT2D eigenvalue weighted by molar-refractivity contribution is 7.07. The highest BCUT2D eigenvalue weighted by atomic mass is 32.1. The fourth-order valence-electron chi connectivity index (χ4n) is 3.13. The van der Waals surface area contributed by atoms with Crippen molar-refractivity contribution in [2.75, 3.05) is 0 Å². The zero-order valence-corrected chi connectivity index (χ0v) is 12.4. The molecule has 1 aliphatic heterocycles. The summed E-state index contributed by atoms with van der Waals surface area (Å²) in [5, 5.41) is 4.17. The summed E-state index contributed by atoms with van der Waals surface area (Å²) < 4.78 is 0. The van der Waals surface area contributed by atoms with E-state index in [-0.39, 0.29) is 12.5 Å². The van der Waals surface area contributed by atoms with Gasteiger partial charge in [0, 0.05) is 5.38 Å². The topological polar surface area (TPSA) is 79.4 Å². The Morgan fingerprint density at radius 2 is 1.90 bits per heavy atom. The smallest absolute Gasteiger partial charge is 0.277 e. The first-order chi connectivity index (χ1) is 10.1. The van der Waals surface area contributed by atoms with Crippen molar-refractivity contribution in [3.8, 4) is 0 Å². The van der Waals surface area contributed by atoms with Gasteiger partial charge < -0.3 is 0 Å². The third-order valence-corrected chi connectivity index (χ3v) is 4.95. The third kappa shape index (κ3) is 2.46. The molecule has 4 amide bonds. The number of amides is 4. The van der Waals surface area contributed by atoms with Crippen molar-refractivity contribution in [1.29, 1.82) is 0 Å². The normalized spacial score (nSPS) is 22.3. The molecule has 1 aromatic rings. The van der Waals surface area contributed by atoms with Gasteiger partial charge in [-0.05, 0) is 12.8 Å². The maximum Gasteiger partial charge on any atom is 0.331 e. The Bertz CT molecular complexity index is 562. The number of barbiturate groups is 1. The lowest BCUT2D eigenvalue weighted by atomic mass is 9.77. The van der Waals surface area contributed by atoms with E-state index in [2.05, 4.69) is 10.3 Å². The molecule has 0 unspecified atom stereocenters. The molecule has 2 heterocycles. The van der Waals surface area contributed by atoms with Crippen LogP contribution < -0.4 is 5.32 Å². The van der Waals surface area contributed by atoms with Crippen LogP contribution in [0.3, 0.4) is 0 Å². The summed E-state index contributed by atoms with van der Waals surface area (Å²) in [5.41, 5.74) is 1.27. The number of nitrogens with one attached hydrogen (secondary N) is 1. The van der Waals surface area contributed by atoms with Gasteiger partial charge in [0.15, 0.2) is 0 Å². The van der Waals surface area contributed by atoms with Crippen LogP contribution in [0.15, 0.2) is 10.9 Å². The number of carbonyl (C=O) groups excluding carboxylic acids is 3. The fourth-order valence-corrected chi connectivity index (χ4v) is 3.68. The first kappa shape index (κ1) is 14.2. The van der Waals surface area contributed by atoms with Crippen LogP contribution in [-0.2, 0) is 16.1 Å². The molecule has 1 aromatic heterocycles. The van der Waals surface area contributed by atoms with Gasteiger partial charge >= 0.3 is 6.03 Å². The Morgan fingerprint density at radius 1 is 1.19 bits per heavy atom.